The van der Waals surface area contributed by atoms with E-state index in [9.17, 15) is 0 Å². The maximum Gasteiger partial charge on any atom is -0.0233 e. The molecule has 0 N–H and O–H groups in total. The summed E-state index contributed by atoms with van der Waals surface area (Å²) in [5.74, 6) is 0. The second-order valence-corrected chi connectivity index (χ2v) is 3.06. The minimum atomic E-state index is 1.11. The van der Waals surface area contributed by atoms with Gasteiger partial charge in [-0.1, -0.05) is 18.7 Å². The Labute approximate surface area is 62.9 Å². The maximum atomic E-state index is 3.98. The molecular weight excluding hydrogens is 120 g/mol. The largest absolute Gasteiger partial charge is 0.0952 e. The molecule has 0 aromatic heterocycles. The van der Waals surface area contributed by atoms with Crippen LogP contribution in [0.4, 0.5) is 0 Å². The van der Waals surface area contributed by atoms with Crippen molar-refractivity contribution in [2.45, 2.75) is 26.7 Å². The lowest BCUT2D eigenvalue weighted by Gasteiger charge is -2.00. The van der Waals surface area contributed by atoms with E-state index < -0.39 is 0 Å². The lowest BCUT2D eigenvalue weighted by molar-refractivity contribution is 1.04. The van der Waals surface area contributed by atoms with Gasteiger partial charge in [0.25, 0.3) is 0 Å². The van der Waals surface area contributed by atoms with Gasteiger partial charge in [-0.15, -0.1) is 0 Å². The third kappa shape index (κ3) is 1.06. The summed E-state index contributed by atoms with van der Waals surface area (Å²) in [6.45, 7) is 12.2. The molecule has 1 aliphatic carbocycles. The van der Waals surface area contributed by atoms with E-state index in [2.05, 4.69) is 27.0 Å². The molecule has 1 rings (SSSR count). The summed E-state index contributed by atoms with van der Waals surface area (Å²) in [7, 11) is 0. The Morgan fingerprint density at radius 1 is 1.20 bits per heavy atom. The van der Waals surface area contributed by atoms with E-state index in [-0.39, 0.29) is 0 Å². The smallest absolute Gasteiger partial charge is 0.0233 e. The molecule has 54 valence electrons. The van der Waals surface area contributed by atoms with Gasteiger partial charge in [0.05, 0.1) is 0 Å². The molecule has 0 aromatic carbocycles. The first-order valence-corrected chi connectivity index (χ1v) is 3.66. The van der Waals surface area contributed by atoms with Gasteiger partial charge in [0, 0.05) is 0 Å². The third-order valence-electron chi connectivity index (χ3n) is 2.07. The summed E-state index contributed by atoms with van der Waals surface area (Å²) in [6, 6.07) is 0. The summed E-state index contributed by atoms with van der Waals surface area (Å²) < 4.78 is 0. The van der Waals surface area contributed by atoms with E-state index in [0.29, 0.717) is 0 Å². The standard InChI is InChI=1S/C10H14/c1-7(2)10-6-5-8(3)9(10)4/h3-6H2,1-2H3. The van der Waals surface area contributed by atoms with Gasteiger partial charge in [-0.05, 0) is 43.4 Å². The third-order valence-corrected chi connectivity index (χ3v) is 2.07. The average Bonchev–Trinajstić information content (AvgIpc) is 2.14. The van der Waals surface area contributed by atoms with Crippen LogP contribution < -0.4 is 0 Å². The molecule has 0 atom stereocenters. The second kappa shape index (κ2) is 2.45. The number of hydrogen-bond donors (Lipinski definition) is 0. The highest BCUT2D eigenvalue weighted by atomic mass is 14.2. The van der Waals surface area contributed by atoms with Crippen LogP contribution in [0.3, 0.4) is 0 Å². The van der Waals surface area contributed by atoms with Gasteiger partial charge >= 0.3 is 0 Å². The van der Waals surface area contributed by atoms with Crippen molar-refractivity contribution in [1.29, 1.82) is 0 Å². The van der Waals surface area contributed by atoms with Crippen LogP contribution in [0.2, 0.25) is 0 Å². The van der Waals surface area contributed by atoms with Gasteiger partial charge in [-0.2, -0.15) is 0 Å². The Morgan fingerprint density at radius 2 is 1.80 bits per heavy atom. The summed E-state index contributed by atoms with van der Waals surface area (Å²) in [5, 5.41) is 0. The van der Waals surface area contributed by atoms with E-state index in [1.165, 1.54) is 22.3 Å². The number of hydrogen-bond acceptors (Lipinski definition) is 0. The molecule has 10 heavy (non-hydrogen) atoms. The van der Waals surface area contributed by atoms with Crippen molar-refractivity contribution in [3.8, 4) is 0 Å². The van der Waals surface area contributed by atoms with Crippen LogP contribution in [0.15, 0.2) is 35.5 Å². The van der Waals surface area contributed by atoms with Crippen molar-refractivity contribution in [1.82, 2.24) is 0 Å². The van der Waals surface area contributed by atoms with Crippen LogP contribution in [-0.2, 0) is 0 Å². The summed E-state index contributed by atoms with van der Waals surface area (Å²) in [6.07, 6.45) is 2.26. The molecule has 0 amide bonds. The SMILES string of the molecule is C=C1CCC(=C(C)C)C1=C. The molecule has 0 aromatic rings. The lowest BCUT2D eigenvalue weighted by Crippen LogP contribution is -1.80. The zero-order chi connectivity index (χ0) is 7.72. The van der Waals surface area contributed by atoms with Crippen LogP contribution in [0.5, 0.6) is 0 Å². The first kappa shape index (κ1) is 7.33. The first-order valence-electron chi connectivity index (χ1n) is 3.66. The highest BCUT2D eigenvalue weighted by Crippen LogP contribution is 2.34. The van der Waals surface area contributed by atoms with Gasteiger partial charge in [0.1, 0.15) is 0 Å². The minimum Gasteiger partial charge on any atom is -0.0952 e. The predicted molar refractivity (Wildman–Crippen MR) is 45.9 cm³/mol. The molecule has 0 unspecified atom stereocenters. The average molecular weight is 134 g/mol. The monoisotopic (exact) mass is 134 g/mol. The second-order valence-electron chi connectivity index (χ2n) is 3.06. The first-order chi connectivity index (χ1) is 4.63. The fourth-order valence-corrected chi connectivity index (χ4v) is 1.34. The van der Waals surface area contributed by atoms with Crippen LogP contribution in [0.1, 0.15) is 26.7 Å². The topological polar surface area (TPSA) is 0 Å². The van der Waals surface area contributed by atoms with Crippen molar-refractivity contribution in [2.24, 2.45) is 0 Å². The molecule has 1 fully saturated rings. The molecule has 1 saturated carbocycles. The predicted octanol–water partition coefficient (Wildman–Crippen LogP) is 3.23. The van der Waals surface area contributed by atoms with Gasteiger partial charge in [-0.3, -0.25) is 0 Å². The molecule has 0 nitrogen and oxygen atoms in total. The van der Waals surface area contributed by atoms with E-state index in [1.54, 1.807) is 0 Å². The fraction of sp³-hybridized carbons (Fsp3) is 0.400. The highest BCUT2D eigenvalue weighted by molar-refractivity contribution is 5.50. The zero-order valence-electron chi connectivity index (χ0n) is 6.83. The van der Waals surface area contributed by atoms with E-state index in [1.807, 2.05) is 0 Å². The van der Waals surface area contributed by atoms with Crippen LogP contribution in [-0.4, -0.2) is 0 Å². The molecule has 0 spiro atoms. The highest BCUT2D eigenvalue weighted by Gasteiger charge is 2.15. The van der Waals surface area contributed by atoms with E-state index >= 15 is 0 Å². The number of rotatable bonds is 0. The van der Waals surface area contributed by atoms with Crippen LogP contribution >= 0.6 is 0 Å². The van der Waals surface area contributed by atoms with E-state index in [0.717, 1.165) is 12.8 Å². The molecule has 1 aliphatic rings. The van der Waals surface area contributed by atoms with Crippen molar-refractivity contribution < 1.29 is 0 Å². The molecular formula is C10H14. The fourth-order valence-electron chi connectivity index (χ4n) is 1.34. The van der Waals surface area contributed by atoms with Crippen molar-refractivity contribution in [2.75, 3.05) is 0 Å². The Hall–Kier alpha value is -0.780. The van der Waals surface area contributed by atoms with E-state index in [4.69, 9.17) is 0 Å². The van der Waals surface area contributed by atoms with Crippen LogP contribution in [0, 0.1) is 0 Å². The summed E-state index contributed by atoms with van der Waals surface area (Å²) in [5.41, 5.74) is 5.21. The molecule has 0 heterocycles. The summed E-state index contributed by atoms with van der Waals surface area (Å²) in [4.78, 5) is 0. The minimum absolute atomic E-state index is 1.11. The van der Waals surface area contributed by atoms with Crippen LogP contribution in [0.25, 0.3) is 0 Å². The zero-order valence-corrected chi connectivity index (χ0v) is 6.83. The van der Waals surface area contributed by atoms with Gasteiger partial charge in [-0.25, -0.2) is 0 Å². The Bertz CT molecular complexity index is 212. The normalized spacial score (nSPS) is 18.4. The lowest BCUT2D eigenvalue weighted by atomic mass is 10.1. The van der Waals surface area contributed by atoms with Gasteiger partial charge in [0.15, 0.2) is 0 Å². The Kier molecular flexibility index (Phi) is 1.80. The van der Waals surface area contributed by atoms with Gasteiger partial charge < -0.3 is 0 Å². The van der Waals surface area contributed by atoms with Crippen molar-refractivity contribution in [3.05, 3.63) is 35.5 Å². The number of allylic oxidation sites excluding steroid dienone is 4. The van der Waals surface area contributed by atoms with Gasteiger partial charge in [0.2, 0.25) is 0 Å². The molecule has 0 saturated heterocycles. The molecule has 0 radical (unpaired) electrons. The Morgan fingerprint density at radius 3 is 2.00 bits per heavy atom. The van der Waals surface area contributed by atoms with Crippen molar-refractivity contribution >= 4 is 0 Å². The quantitative estimate of drug-likeness (QED) is 0.477. The molecule has 0 heteroatoms. The maximum absolute atomic E-state index is 3.98. The molecule has 0 bridgehead atoms. The Balaban J connectivity index is 2.97. The molecule has 0 aliphatic heterocycles. The summed E-state index contributed by atoms with van der Waals surface area (Å²) >= 11 is 0. The van der Waals surface area contributed by atoms with Crippen molar-refractivity contribution in [3.63, 3.8) is 0 Å².